The van der Waals surface area contributed by atoms with Crippen LogP contribution in [-0.2, 0) is 4.79 Å². The highest BCUT2D eigenvalue weighted by molar-refractivity contribution is 5.80. The SMILES string of the molecule is Cc1ccc2nc(N3CCC(C(=O)NCC(C)c4ccccc4)CC3)[nH]c2c1. The van der Waals surface area contributed by atoms with Gasteiger partial charge in [0.25, 0.3) is 0 Å². The number of aromatic amines is 1. The number of aryl methyl sites for hydroxylation is 1. The van der Waals surface area contributed by atoms with E-state index >= 15 is 0 Å². The molecule has 0 aliphatic carbocycles. The molecule has 0 spiro atoms. The summed E-state index contributed by atoms with van der Waals surface area (Å²) < 4.78 is 0. The average molecular weight is 377 g/mol. The van der Waals surface area contributed by atoms with Crippen LogP contribution in [0.15, 0.2) is 48.5 Å². The Morgan fingerprint density at radius 1 is 1.21 bits per heavy atom. The molecule has 1 aliphatic rings. The molecule has 2 N–H and O–H groups in total. The molecule has 1 fully saturated rings. The van der Waals surface area contributed by atoms with Crippen molar-refractivity contribution in [2.24, 2.45) is 5.92 Å². The maximum Gasteiger partial charge on any atom is 0.223 e. The van der Waals surface area contributed by atoms with E-state index < -0.39 is 0 Å². The Morgan fingerprint density at radius 3 is 2.71 bits per heavy atom. The number of anilines is 1. The number of hydrogen-bond acceptors (Lipinski definition) is 3. The standard InChI is InChI=1S/C23H28N4O/c1-16-8-9-20-21(14-16)26-23(25-20)27-12-10-19(11-13-27)22(28)24-15-17(2)18-6-4-3-5-7-18/h3-9,14,17,19H,10-13,15H2,1-2H3,(H,24,28)(H,25,26). The van der Waals surface area contributed by atoms with Gasteiger partial charge in [-0.2, -0.15) is 0 Å². The molecule has 3 aromatic rings. The molecule has 1 unspecified atom stereocenters. The first-order valence-corrected chi connectivity index (χ1v) is 10.1. The lowest BCUT2D eigenvalue weighted by atomic mass is 9.95. The molecule has 1 aromatic heterocycles. The molecule has 5 heteroatoms. The van der Waals surface area contributed by atoms with Gasteiger partial charge in [-0.25, -0.2) is 4.98 Å². The van der Waals surface area contributed by atoms with Crippen LogP contribution in [0.4, 0.5) is 5.95 Å². The molecule has 28 heavy (non-hydrogen) atoms. The van der Waals surface area contributed by atoms with Crippen molar-refractivity contribution in [1.82, 2.24) is 15.3 Å². The lowest BCUT2D eigenvalue weighted by Crippen LogP contribution is -2.41. The molecule has 1 aliphatic heterocycles. The van der Waals surface area contributed by atoms with Gasteiger partial charge in [0.15, 0.2) is 0 Å². The second-order valence-electron chi connectivity index (χ2n) is 7.90. The van der Waals surface area contributed by atoms with Gasteiger partial charge < -0.3 is 15.2 Å². The highest BCUT2D eigenvalue weighted by Gasteiger charge is 2.26. The van der Waals surface area contributed by atoms with E-state index in [0.717, 1.165) is 42.9 Å². The lowest BCUT2D eigenvalue weighted by Gasteiger charge is -2.31. The Hall–Kier alpha value is -2.82. The van der Waals surface area contributed by atoms with E-state index in [2.05, 4.69) is 59.4 Å². The van der Waals surface area contributed by atoms with Crippen LogP contribution >= 0.6 is 0 Å². The fraction of sp³-hybridized carbons (Fsp3) is 0.391. The number of nitrogens with zero attached hydrogens (tertiary/aromatic N) is 2. The summed E-state index contributed by atoms with van der Waals surface area (Å²) in [7, 11) is 0. The Bertz CT molecular complexity index is 942. The van der Waals surface area contributed by atoms with Crippen molar-refractivity contribution >= 4 is 22.9 Å². The summed E-state index contributed by atoms with van der Waals surface area (Å²) in [4.78, 5) is 23.0. The molecule has 0 radical (unpaired) electrons. The maximum atomic E-state index is 12.6. The molecule has 1 amide bonds. The fourth-order valence-corrected chi connectivity index (χ4v) is 3.91. The Labute approximate surface area is 166 Å². The predicted molar refractivity (Wildman–Crippen MR) is 114 cm³/mol. The molecular formula is C23H28N4O. The van der Waals surface area contributed by atoms with Crippen molar-refractivity contribution in [1.29, 1.82) is 0 Å². The second kappa shape index (κ2) is 8.05. The Balaban J connectivity index is 1.30. The van der Waals surface area contributed by atoms with E-state index in [0.29, 0.717) is 12.5 Å². The van der Waals surface area contributed by atoms with Crippen LogP contribution < -0.4 is 10.2 Å². The number of piperidine rings is 1. The van der Waals surface area contributed by atoms with Gasteiger partial charge in [0.2, 0.25) is 11.9 Å². The van der Waals surface area contributed by atoms with Gasteiger partial charge in [0.1, 0.15) is 0 Å². The number of carbonyl (C=O) groups is 1. The molecule has 5 nitrogen and oxygen atoms in total. The van der Waals surface area contributed by atoms with E-state index in [4.69, 9.17) is 4.98 Å². The molecule has 1 saturated heterocycles. The van der Waals surface area contributed by atoms with Crippen molar-refractivity contribution in [2.45, 2.75) is 32.6 Å². The quantitative estimate of drug-likeness (QED) is 0.707. The number of hydrogen-bond donors (Lipinski definition) is 2. The van der Waals surface area contributed by atoms with E-state index in [9.17, 15) is 4.79 Å². The van der Waals surface area contributed by atoms with E-state index in [1.54, 1.807) is 0 Å². The molecule has 2 heterocycles. The fourth-order valence-electron chi connectivity index (χ4n) is 3.91. The summed E-state index contributed by atoms with van der Waals surface area (Å²) in [5, 5.41) is 3.15. The van der Waals surface area contributed by atoms with Crippen molar-refractivity contribution in [3.8, 4) is 0 Å². The third-order valence-electron chi connectivity index (χ3n) is 5.74. The number of amides is 1. The summed E-state index contributed by atoms with van der Waals surface area (Å²) in [5.74, 6) is 1.51. The van der Waals surface area contributed by atoms with E-state index in [1.807, 2.05) is 18.2 Å². The van der Waals surface area contributed by atoms with Gasteiger partial charge in [-0.15, -0.1) is 0 Å². The number of benzene rings is 2. The molecule has 0 saturated carbocycles. The van der Waals surface area contributed by atoms with Crippen molar-refractivity contribution in [3.63, 3.8) is 0 Å². The van der Waals surface area contributed by atoms with Crippen LogP contribution in [0.2, 0.25) is 0 Å². The molecule has 1 atom stereocenters. The summed E-state index contributed by atoms with van der Waals surface area (Å²) in [5.41, 5.74) is 4.56. The van der Waals surface area contributed by atoms with Crippen LogP contribution in [0.1, 0.15) is 36.8 Å². The number of imidazole rings is 1. The van der Waals surface area contributed by atoms with Gasteiger partial charge in [-0.1, -0.05) is 43.3 Å². The minimum Gasteiger partial charge on any atom is -0.355 e. The Morgan fingerprint density at radius 2 is 1.96 bits per heavy atom. The van der Waals surface area contributed by atoms with Crippen molar-refractivity contribution in [3.05, 3.63) is 59.7 Å². The average Bonchev–Trinajstić information content (AvgIpc) is 3.15. The predicted octanol–water partition coefficient (Wildman–Crippen LogP) is 4.01. The summed E-state index contributed by atoms with van der Waals surface area (Å²) in [6.45, 7) is 6.63. The van der Waals surface area contributed by atoms with Gasteiger partial charge in [0.05, 0.1) is 11.0 Å². The number of H-pyrrole nitrogens is 1. The first-order chi connectivity index (χ1) is 13.6. The van der Waals surface area contributed by atoms with Gasteiger partial charge >= 0.3 is 0 Å². The topological polar surface area (TPSA) is 61.0 Å². The molecule has 2 aromatic carbocycles. The molecule has 4 rings (SSSR count). The van der Waals surface area contributed by atoms with E-state index in [-0.39, 0.29) is 11.8 Å². The van der Waals surface area contributed by atoms with Crippen LogP contribution in [0.5, 0.6) is 0 Å². The van der Waals surface area contributed by atoms with Crippen molar-refractivity contribution < 1.29 is 4.79 Å². The minimum absolute atomic E-state index is 0.0887. The lowest BCUT2D eigenvalue weighted by molar-refractivity contribution is -0.125. The molecule has 146 valence electrons. The zero-order chi connectivity index (χ0) is 19.5. The summed E-state index contributed by atoms with van der Waals surface area (Å²) in [6, 6.07) is 16.6. The first-order valence-electron chi connectivity index (χ1n) is 10.1. The number of fused-ring (bicyclic) bond motifs is 1. The van der Waals surface area contributed by atoms with Gasteiger partial charge in [-0.05, 0) is 48.9 Å². The van der Waals surface area contributed by atoms with Crippen molar-refractivity contribution in [2.75, 3.05) is 24.5 Å². The maximum absolute atomic E-state index is 12.6. The normalized spacial score (nSPS) is 16.3. The molecular weight excluding hydrogens is 348 g/mol. The van der Waals surface area contributed by atoms with E-state index in [1.165, 1.54) is 11.1 Å². The highest BCUT2D eigenvalue weighted by Crippen LogP contribution is 2.24. The Kier molecular flexibility index (Phi) is 5.33. The third-order valence-corrected chi connectivity index (χ3v) is 5.74. The first kappa shape index (κ1) is 18.5. The number of nitrogens with one attached hydrogen (secondary N) is 2. The number of aromatic nitrogens is 2. The zero-order valence-electron chi connectivity index (χ0n) is 16.6. The van der Waals surface area contributed by atoms with Crippen LogP contribution in [-0.4, -0.2) is 35.5 Å². The smallest absolute Gasteiger partial charge is 0.223 e. The number of rotatable bonds is 5. The highest BCUT2D eigenvalue weighted by atomic mass is 16.1. The summed E-state index contributed by atoms with van der Waals surface area (Å²) >= 11 is 0. The molecule has 0 bridgehead atoms. The van der Waals surface area contributed by atoms with Crippen LogP contribution in [0.3, 0.4) is 0 Å². The largest absolute Gasteiger partial charge is 0.355 e. The minimum atomic E-state index is 0.0887. The summed E-state index contributed by atoms with van der Waals surface area (Å²) in [6.07, 6.45) is 1.73. The number of carbonyl (C=O) groups excluding carboxylic acids is 1. The monoisotopic (exact) mass is 376 g/mol. The third kappa shape index (κ3) is 4.03. The van der Waals surface area contributed by atoms with Crippen LogP contribution in [0.25, 0.3) is 11.0 Å². The zero-order valence-corrected chi connectivity index (χ0v) is 16.6. The van der Waals surface area contributed by atoms with Gasteiger partial charge in [-0.3, -0.25) is 4.79 Å². The van der Waals surface area contributed by atoms with Crippen LogP contribution in [0, 0.1) is 12.8 Å². The van der Waals surface area contributed by atoms with Gasteiger partial charge in [0, 0.05) is 25.6 Å². The second-order valence-corrected chi connectivity index (χ2v) is 7.90.